The second kappa shape index (κ2) is 4.06. The minimum absolute atomic E-state index is 0.00646. The molecule has 1 saturated heterocycles. The molecule has 86 valence electrons. The summed E-state index contributed by atoms with van der Waals surface area (Å²) in [4.78, 5) is 0.00646. The summed E-state index contributed by atoms with van der Waals surface area (Å²) in [6, 6.07) is 8.65. The van der Waals surface area contributed by atoms with Crippen LogP contribution in [0.5, 0.6) is 0 Å². The van der Waals surface area contributed by atoms with Gasteiger partial charge in [0.15, 0.2) is 0 Å². The molecule has 2 heterocycles. The maximum Gasteiger partial charge on any atom is 0.114 e. The van der Waals surface area contributed by atoms with Crippen molar-refractivity contribution in [2.45, 2.75) is 30.1 Å². The third kappa shape index (κ3) is 1.67. The lowest BCUT2D eigenvalue weighted by atomic mass is 9.98. The van der Waals surface area contributed by atoms with E-state index in [1.54, 1.807) is 0 Å². The Morgan fingerprint density at radius 3 is 3.19 bits per heavy atom. The highest BCUT2D eigenvalue weighted by atomic mass is 32.2. The first-order chi connectivity index (χ1) is 7.80. The standard InChI is InChI=1S/C13H17NOS/c1-10-6-7-14-13(16-10)9-15-8-11-4-2-3-5-12(11)13/h2-5,10,14H,6-9H2,1H3. The lowest BCUT2D eigenvalue weighted by Gasteiger charge is -2.44. The van der Waals surface area contributed by atoms with Crippen molar-refractivity contribution < 1.29 is 4.74 Å². The summed E-state index contributed by atoms with van der Waals surface area (Å²) in [5.41, 5.74) is 2.76. The van der Waals surface area contributed by atoms with Crippen LogP contribution in [0.15, 0.2) is 24.3 Å². The van der Waals surface area contributed by atoms with Crippen molar-refractivity contribution in [3.63, 3.8) is 0 Å². The zero-order chi connectivity index (χ0) is 11.0. The molecule has 2 atom stereocenters. The lowest BCUT2D eigenvalue weighted by molar-refractivity contribution is 0.0690. The Balaban J connectivity index is 2.02. The van der Waals surface area contributed by atoms with Gasteiger partial charge in [0.25, 0.3) is 0 Å². The molecule has 1 fully saturated rings. The second-order valence-electron chi connectivity index (χ2n) is 4.62. The number of rotatable bonds is 0. The summed E-state index contributed by atoms with van der Waals surface area (Å²) in [7, 11) is 0. The zero-order valence-corrected chi connectivity index (χ0v) is 10.3. The molecule has 2 unspecified atom stereocenters. The molecule has 2 aliphatic rings. The molecule has 1 aromatic carbocycles. The minimum atomic E-state index is 0.00646. The maximum absolute atomic E-state index is 5.75. The smallest absolute Gasteiger partial charge is 0.114 e. The van der Waals surface area contributed by atoms with E-state index in [-0.39, 0.29) is 4.87 Å². The Hall–Kier alpha value is -0.510. The van der Waals surface area contributed by atoms with Crippen molar-refractivity contribution in [1.29, 1.82) is 0 Å². The monoisotopic (exact) mass is 235 g/mol. The minimum Gasteiger partial charge on any atom is -0.374 e. The van der Waals surface area contributed by atoms with E-state index in [2.05, 4.69) is 36.5 Å². The van der Waals surface area contributed by atoms with Crippen LogP contribution in [0.1, 0.15) is 24.5 Å². The highest BCUT2D eigenvalue weighted by Crippen LogP contribution is 2.44. The van der Waals surface area contributed by atoms with Crippen LogP contribution in [0.4, 0.5) is 0 Å². The fourth-order valence-corrected chi connectivity index (χ4v) is 4.17. The normalized spacial score (nSPS) is 33.7. The van der Waals surface area contributed by atoms with Gasteiger partial charge in [-0.1, -0.05) is 31.2 Å². The van der Waals surface area contributed by atoms with Gasteiger partial charge in [0.05, 0.1) is 13.2 Å². The number of benzene rings is 1. The Kier molecular flexibility index (Phi) is 2.70. The molecular weight excluding hydrogens is 218 g/mol. The van der Waals surface area contributed by atoms with Crippen molar-refractivity contribution in [2.75, 3.05) is 13.2 Å². The molecule has 1 spiro atoms. The van der Waals surface area contributed by atoms with Gasteiger partial charge in [-0.15, -0.1) is 11.8 Å². The number of nitrogens with one attached hydrogen (secondary N) is 1. The molecule has 3 heteroatoms. The maximum atomic E-state index is 5.75. The fraction of sp³-hybridized carbons (Fsp3) is 0.538. The summed E-state index contributed by atoms with van der Waals surface area (Å²) in [5, 5.41) is 4.36. The molecule has 2 nitrogen and oxygen atoms in total. The number of ether oxygens (including phenoxy) is 1. The average molecular weight is 235 g/mol. The van der Waals surface area contributed by atoms with Gasteiger partial charge in [-0.05, 0) is 24.1 Å². The predicted octanol–water partition coefficient (Wildman–Crippen LogP) is 2.48. The van der Waals surface area contributed by atoms with E-state index in [9.17, 15) is 0 Å². The second-order valence-corrected chi connectivity index (χ2v) is 6.36. The molecule has 1 N–H and O–H groups in total. The summed E-state index contributed by atoms with van der Waals surface area (Å²) < 4.78 is 5.75. The van der Waals surface area contributed by atoms with E-state index in [1.807, 2.05) is 11.8 Å². The van der Waals surface area contributed by atoms with Crippen molar-refractivity contribution in [3.8, 4) is 0 Å². The van der Waals surface area contributed by atoms with Crippen LogP contribution < -0.4 is 5.32 Å². The molecule has 0 bridgehead atoms. The van der Waals surface area contributed by atoms with Crippen LogP contribution in [0.2, 0.25) is 0 Å². The molecule has 0 radical (unpaired) electrons. The van der Waals surface area contributed by atoms with Crippen LogP contribution in [0.3, 0.4) is 0 Å². The quantitative estimate of drug-likeness (QED) is 0.746. The van der Waals surface area contributed by atoms with E-state index in [0.717, 1.165) is 19.8 Å². The topological polar surface area (TPSA) is 21.3 Å². The highest BCUT2D eigenvalue weighted by molar-refractivity contribution is 8.00. The molecule has 0 aromatic heterocycles. The first-order valence-corrected chi connectivity index (χ1v) is 6.77. The van der Waals surface area contributed by atoms with Crippen LogP contribution in [-0.4, -0.2) is 18.4 Å². The van der Waals surface area contributed by atoms with E-state index in [0.29, 0.717) is 5.25 Å². The van der Waals surface area contributed by atoms with E-state index in [1.165, 1.54) is 17.5 Å². The molecule has 16 heavy (non-hydrogen) atoms. The summed E-state index contributed by atoms with van der Waals surface area (Å²) in [5.74, 6) is 0. The van der Waals surface area contributed by atoms with Gasteiger partial charge in [-0.25, -0.2) is 0 Å². The van der Waals surface area contributed by atoms with Crippen LogP contribution in [-0.2, 0) is 16.2 Å². The third-order valence-electron chi connectivity index (χ3n) is 3.38. The molecule has 0 aliphatic carbocycles. The number of hydrogen-bond donors (Lipinski definition) is 1. The molecule has 0 saturated carbocycles. The number of thioether (sulfide) groups is 1. The fourth-order valence-electron chi connectivity index (χ4n) is 2.59. The van der Waals surface area contributed by atoms with Gasteiger partial charge in [0.1, 0.15) is 4.87 Å². The van der Waals surface area contributed by atoms with Gasteiger partial charge in [0, 0.05) is 5.25 Å². The van der Waals surface area contributed by atoms with Crippen LogP contribution in [0, 0.1) is 0 Å². The van der Waals surface area contributed by atoms with E-state index in [4.69, 9.17) is 4.74 Å². The van der Waals surface area contributed by atoms with E-state index < -0.39 is 0 Å². The molecule has 0 amide bonds. The number of hydrogen-bond acceptors (Lipinski definition) is 3. The van der Waals surface area contributed by atoms with Crippen LogP contribution in [0.25, 0.3) is 0 Å². The van der Waals surface area contributed by atoms with Crippen molar-refractivity contribution in [3.05, 3.63) is 35.4 Å². The molecular formula is C13H17NOS. The van der Waals surface area contributed by atoms with Gasteiger partial charge >= 0.3 is 0 Å². The molecule has 1 aromatic rings. The Labute approximate surface area is 101 Å². The van der Waals surface area contributed by atoms with Crippen molar-refractivity contribution >= 4 is 11.8 Å². The SMILES string of the molecule is CC1CCNC2(COCc3ccccc32)S1. The predicted molar refractivity (Wildman–Crippen MR) is 67.4 cm³/mol. The lowest BCUT2D eigenvalue weighted by Crippen LogP contribution is -2.50. The Morgan fingerprint density at radius 1 is 1.44 bits per heavy atom. The van der Waals surface area contributed by atoms with Gasteiger partial charge in [-0.3, -0.25) is 5.32 Å². The zero-order valence-electron chi connectivity index (χ0n) is 9.53. The van der Waals surface area contributed by atoms with Gasteiger partial charge < -0.3 is 4.74 Å². The van der Waals surface area contributed by atoms with Crippen molar-refractivity contribution in [2.24, 2.45) is 0 Å². The summed E-state index contributed by atoms with van der Waals surface area (Å²) in [6.45, 7) is 4.95. The number of fused-ring (bicyclic) bond motifs is 2. The molecule has 3 rings (SSSR count). The van der Waals surface area contributed by atoms with Crippen molar-refractivity contribution in [1.82, 2.24) is 5.32 Å². The van der Waals surface area contributed by atoms with Crippen LogP contribution >= 0.6 is 11.8 Å². The first kappa shape index (κ1) is 10.6. The first-order valence-electron chi connectivity index (χ1n) is 5.89. The largest absolute Gasteiger partial charge is 0.374 e. The van der Waals surface area contributed by atoms with Gasteiger partial charge in [-0.2, -0.15) is 0 Å². The average Bonchev–Trinajstić information content (AvgIpc) is 2.30. The summed E-state index contributed by atoms with van der Waals surface area (Å²) >= 11 is 2.02. The summed E-state index contributed by atoms with van der Waals surface area (Å²) in [6.07, 6.45) is 1.24. The Morgan fingerprint density at radius 2 is 2.31 bits per heavy atom. The molecule has 2 aliphatic heterocycles. The highest BCUT2D eigenvalue weighted by Gasteiger charge is 2.40. The van der Waals surface area contributed by atoms with E-state index >= 15 is 0 Å². The Bertz CT molecular complexity index is 395. The third-order valence-corrected chi connectivity index (χ3v) is 4.90. The van der Waals surface area contributed by atoms with Gasteiger partial charge in [0.2, 0.25) is 0 Å².